The van der Waals surface area contributed by atoms with E-state index in [-0.39, 0.29) is 38.2 Å². The Morgan fingerprint density at radius 2 is 0.956 bits per heavy atom. The van der Waals surface area contributed by atoms with Crippen LogP contribution in [0.1, 0.15) is 201 Å². The SMILES string of the molecule is CCCCCCCCCCCCCCCCOCC(CN(CCO)C(=O)CCCCCCCCCCCCCCC)OC(C)=O. The van der Waals surface area contributed by atoms with Gasteiger partial charge in [0.2, 0.25) is 5.91 Å². The average molecular weight is 640 g/mol. The summed E-state index contributed by atoms with van der Waals surface area (Å²) in [6.45, 7) is 7.29. The molecule has 1 N–H and O–H groups in total. The molecule has 0 radical (unpaired) electrons. The molecule has 0 aromatic carbocycles. The Morgan fingerprint density at radius 3 is 1.33 bits per heavy atom. The monoisotopic (exact) mass is 640 g/mol. The largest absolute Gasteiger partial charge is 0.458 e. The highest BCUT2D eigenvalue weighted by molar-refractivity contribution is 5.76. The Balaban J connectivity index is 3.97. The predicted molar refractivity (Wildman–Crippen MR) is 191 cm³/mol. The normalized spacial score (nSPS) is 12.0. The highest BCUT2D eigenvalue weighted by Crippen LogP contribution is 2.15. The van der Waals surface area contributed by atoms with Crippen molar-refractivity contribution in [2.75, 3.05) is 32.9 Å². The van der Waals surface area contributed by atoms with Gasteiger partial charge in [-0.05, 0) is 12.8 Å². The molecule has 1 amide bonds. The number of aliphatic hydroxyl groups is 1. The van der Waals surface area contributed by atoms with Crippen LogP contribution in [0.25, 0.3) is 0 Å². The summed E-state index contributed by atoms with van der Waals surface area (Å²) in [4.78, 5) is 26.3. The van der Waals surface area contributed by atoms with Crippen LogP contribution in [0.2, 0.25) is 0 Å². The molecule has 45 heavy (non-hydrogen) atoms. The number of nitrogens with zero attached hydrogens (tertiary/aromatic N) is 1. The van der Waals surface area contributed by atoms with Gasteiger partial charge in [0.1, 0.15) is 6.10 Å². The number of aliphatic hydroxyl groups excluding tert-OH is 1. The minimum Gasteiger partial charge on any atom is -0.458 e. The van der Waals surface area contributed by atoms with Crippen LogP contribution in [0.4, 0.5) is 0 Å². The Labute approximate surface area is 280 Å². The molecule has 0 aliphatic heterocycles. The zero-order chi connectivity index (χ0) is 33.1. The first-order valence-electron chi connectivity index (χ1n) is 19.7. The summed E-state index contributed by atoms with van der Waals surface area (Å²) in [6.07, 6.45) is 35.0. The molecule has 268 valence electrons. The first kappa shape index (κ1) is 43.9. The van der Waals surface area contributed by atoms with Crippen molar-refractivity contribution < 1.29 is 24.2 Å². The molecule has 6 nitrogen and oxygen atoms in total. The molecule has 0 fully saturated rings. The van der Waals surface area contributed by atoms with Gasteiger partial charge in [-0.2, -0.15) is 0 Å². The van der Waals surface area contributed by atoms with Crippen molar-refractivity contribution in [3.05, 3.63) is 0 Å². The summed E-state index contributed by atoms with van der Waals surface area (Å²) in [5.41, 5.74) is 0. The van der Waals surface area contributed by atoms with Gasteiger partial charge in [0.15, 0.2) is 0 Å². The molecule has 0 aliphatic rings. The average Bonchev–Trinajstić information content (AvgIpc) is 3.02. The lowest BCUT2D eigenvalue weighted by Gasteiger charge is -2.27. The summed E-state index contributed by atoms with van der Waals surface area (Å²) < 4.78 is 11.4. The van der Waals surface area contributed by atoms with E-state index in [0.29, 0.717) is 13.0 Å². The van der Waals surface area contributed by atoms with Gasteiger partial charge in [-0.1, -0.05) is 174 Å². The highest BCUT2D eigenvalue weighted by atomic mass is 16.6. The Morgan fingerprint density at radius 1 is 0.578 bits per heavy atom. The van der Waals surface area contributed by atoms with E-state index in [0.717, 1.165) is 25.7 Å². The number of amides is 1. The standard InChI is InChI=1S/C39H77NO5/c1-4-6-8-10-12-14-16-18-20-22-24-26-28-30-34-44-36-38(45-37(3)42)35-40(32-33-41)39(43)31-29-27-25-23-21-19-17-15-13-11-9-7-5-2/h38,41H,4-36H2,1-3H3. The summed E-state index contributed by atoms with van der Waals surface area (Å²) in [5, 5.41) is 9.56. The zero-order valence-corrected chi connectivity index (χ0v) is 30.4. The minimum absolute atomic E-state index is 0.0243. The Bertz CT molecular complexity index is 629. The van der Waals surface area contributed by atoms with E-state index in [9.17, 15) is 14.7 Å². The van der Waals surface area contributed by atoms with Crippen molar-refractivity contribution in [2.45, 2.75) is 207 Å². The molecule has 0 aromatic heterocycles. The van der Waals surface area contributed by atoms with Gasteiger partial charge in [0.05, 0.1) is 19.8 Å². The number of unbranched alkanes of at least 4 members (excludes halogenated alkanes) is 25. The van der Waals surface area contributed by atoms with Crippen molar-refractivity contribution in [1.29, 1.82) is 0 Å². The second-order valence-electron chi connectivity index (χ2n) is 13.5. The number of ether oxygens (including phenoxy) is 2. The van der Waals surface area contributed by atoms with Gasteiger partial charge in [-0.25, -0.2) is 0 Å². The van der Waals surface area contributed by atoms with Crippen LogP contribution in [-0.2, 0) is 19.1 Å². The van der Waals surface area contributed by atoms with E-state index >= 15 is 0 Å². The molecule has 0 rings (SSSR count). The van der Waals surface area contributed by atoms with Gasteiger partial charge in [0.25, 0.3) is 0 Å². The highest BCUT2D eigenvalue weighted by Gasteiger charge is 2.21. The molecule has 1 atom stereocenters. The number of rotatable bonds is 36. The molecule has 0 saturated heterocycles. The molecule has 0 spiro atoms. The van der Waals surface area contributed by atoms with Crippen LogP contribution in [0.15, 0.2) is 0 Å². The van der Waals surface area contributed by atoms with Gasteiger partial charge in [-0.3, -0.25) is 9.59 Å². The lowest BCUT2D eigenvalue weighted by Crippen LogP contribution is -2.42. The quantitative estimate of drug-likeness (QED) is 0.0545. The third-order valence-electron chi connectivity index (χ3n) is 8.92. The van der Waals surface area contributed by atoms with Crippen LogP contribution in [0.3, 0.4) is 0 Å². The smallest absolute Gasteiger partial charge is 0.303 e. The van der Waals surface area contributed by atoms with Crippen molar-refractivity contribution in [1.82, 2.24) is 4.90 Å². The summed E-state index contributed by atoms with van der Waals surface area (Å²) in [5.74, 6) is -0.343. The molecule has 0 bridgehead atoms. The number of esters is 1. The minimum atomic E-state index is -0.503. The van der Waals surface area contributed by atoms with E-state index in [1.165, 1.54) is 155 Å². The van der Waals surface area contributed by atoms with Gasteiger partial charge < -0.3 is 19.5 Å². The first-order valence-corrected chi connectivity index (χ1v) is 19.7. The van der Waals surface area contributed by atoms with Crippen molar-refractivity contribution in [3.8, 4) is 0 Å². The lowest BCUT2D eigenvalue weighted by atomic mass is 10.0. The fourth-order valence-electron chi connectivity index (χ4n) is 6.11. The van der Waals surface area contributed by atoms with E-state index < -0.39 is 6.10 Å². The van der Waals surface area contributed by atoms with Crippen LogP contribution in [0, 0.1) is 0 Å². The maximum Gasteiger partial charge on any atom is 0.303 e. The number of hydrogen-bond acceptors (Lipinski definition) is 5. The number of hydrogen-bond donors (Lipinski definition) is 1. The first-order chi connectivity index (χ1) is 22.0. The lowest BCUT2D eigenvalue weighted by molar-refractivity contribution is -0.153. The van der Waals surface area contributed by atoms with Crippen molar-refractivity contribution in [2.24, 2.45) is 0 Å². The maximum atomic E-state index is 12.9. The molecule has 6 heteroatoms. The Hall–Kier alpha value is -1.14. The predicted octanol–water partition coefficient (Wildman–Crippen LogP) is 10.7. The van der Waals surface area contributed by atoms with Gasteiger partial charge >= 0.3 is 5.97 Å². The van der Waals surface area contributed by atoms with Crippen LogP contribution < -0.4 is 0 Å². The second-order valence-corrected chi connectivity index (χ2v) is 13.5. The van der Waals surface area contributed by atoms with Gasteiger partial charge in [-0.15, -0.1) is 0 Å². The topological polar surface area (TPSA) is 76.1 Å². The maximum absolute atomic E-state index is 12.9. The molecular formula is C39H77NO5. The number of carbonyl (C=O) groups excluding carboxylic acids is 2. The van der Waals surface area contributed by atoms with E-state index in [1.54, 1.807) is 4.90 Å². The fraction of sp³-hybridized carbons (Fsp3) is 0.949. The molecular weight excluding hydrogens is 562 g/mol. The van der Waals surface area contributed by atoms with Crippen molar-refractivity contribution >= 4 is 11.9 Å². The summed E-state index contributed by atoms with van der Waals surface area (Å²) in [6, 6.07) is 0. The third-order valence-corrected chi connectivity index (χ3v) is 8.92. The van der Waals surface area contributed by atoms with E-state index in [2.05, 4.69) is 13.8 Å². The Kier molecular flexibility index (Phi) is 34.8. The van der Waals surface area contributed by atoms with Crippen LogP contribution >= 0.6 is 0 Å². The number of carbonyl (C=O) groups is 2. The molecule has 1 unspecified atom stereocenters. The molecule has 0 aliphatic carbocycles. The molecule has 0 aromatic rings. The fourth-order valence-corrected chi connectivity index (χ4v) is 6.11. The van der Waals surface area contributed by atoms with Crippen LogP contribution in [0.5, 0.6) is 0 Å². The molecule has 0 saturated carbocycles. The van der Waals surface area contributed by atoms with Crippen LogP contribution in [-0.4, -0.2) is 60.9 Å². The van der Waals surface area contributed by atoms with E-state index in [4.69, 9.17) is 9.47 Å². The summed E-state index contributed by atoms with van der Waals surface area (Å²) >= 11 is 0. The third kappa shape index (κ3) is 32.6. The molecule has 0 heterocycles. The second kappa shape index (κ2) is 35.7. The summed E-state index contributed by atoms with van der Waals surface area (Å²) in [7, 11) is 0. The zero-order valence-electron chi connectivity index (χ0n) is 30.4. The van der Waals surface area contributed by atoms with Crippen molar-refractivity contribution in [3.63, 3.8) is 0 Å². The van der Waals surface area contributed by atoms with E-state index in [1.807, 2.05) is 0 Å². The van der Waals surface area contributed by atoms with Gasteiger partial charge in [0, 0.05) is 26.5 Å².